The molecule has 0 bridgehead atoms. The van der Waals surface area contributed by atoms with E-state index in [9.17, 15) is 9.59 Å². The number of rotatable bonds is 5. The summed E-state index contributed by atoms with van der Waals surface area (Å²) in [5, 5.41) is 11.7. The Bertz CT molecular complexity index is 522. The molecule has 7 nitrogen and oxygen atoms in total. The Balaban J connectivity index is 1.77. The second-order valence-electron chi connectivity index (χ2n) is 4.85. The molecule has 0 aromatic carbocycles. The highest BCUT2D eigenvalue weighted by Gasteiger charge is 2.35. The van der Waals surface area contributed by atoms with Crippen LogP contribution in [0.2, 0.25) is 0 Å². The smallest absolute Gasteiger partial charge is 0.323 e. The first kappa shape index (κ1) is 16.2. The van der Waals surface area contributed by atoms with Crippen LogP contribution in [0.3, 0.4) is 0 Å². The van der Waals surface area contributed by atoms with Gasteiger partial charge in [-0.2, -0.15) is 0 Å². The van der Waals surface area contributed by atoms with E-state index in [0.29, 0.717) is 18.7 Å². The van der Waals surface area contributed by atoms with Crippen molar-refractivity contribution < 1.29 is 14.3 Å². The molecule has 1 aromatic rings. The molecule has 1 fully saturated rings. The Morgan fingerprint density at radius 3 is 2.90 bits per heavy atom. The lowest BCUT2D eigenvalue weighted by atomic mass is 10.2. The number of methoxy groups -OCH3 is 1. The average Bonchev–Trinajstić information content (AvgIpc) is 3.02. The molecule has 2 atom stereocenters. The third kappa shape index (κ3) is 4.39. The average molecular weight is 330 g/mol. The highest BCUT2D eigenvalue weighted by molar-refractivity contribution is 8.01. The Labute approximate surface area is 131 Å². The topological polar surface area (TPSA) is 84.4 Å². The molecule has 0 spiro atoms. The van der Waals surface area contributed by atoms with E-state index in [2.05, 4.69) is 15.5 Å². The molecule has 0 unspecified atom stereocenters. The summed E-state index contributed by atoms with van der Waals surface area (Å²) in [6.07, 6.45) is 0.581. The number of hydrogen-bond donors (Lipinski definition) is 1. The molecule has 21 heavy (non-hydrogen) atoms. The van der Waals surface area contributed by atoms with Gasteiger partial charge in [0.05, 0.1) is 12.9 Å². The summed E-state index contributed by atoms with van der Waals surface area (Å²) in [5.74, 6) is -0.0118. The van der Waals surface area contributed by atoms with Gasteiger partial charge < -0.3 is 10.1 Å². The first-order valence-corrected chi connectivity index (χ1v) is 8.30. The van der Waals surface area contributed by atoms with Gasteiger partial charge in [-0.15, -0.1) is 10.2 Å². The van der Waals surface area contributed by atoms with Crippen LogP contribution in [0.25, 0.3) is 0 Å². The van der Waals surface area contributed by atoms with E-state index in [1.165, 1.54) is 30.2 Å². The van der Waals surface area contributed by atoms with E-state index in [0.717, 1.165) is 9.35 Å². The third-order valence-corrected chi connectivity index (χ3v) is 5.19. The second-order valence-corrected chi connectivity index (χ2v) is 7.26. The minimum atomic E-state index is -0.279. The van der Waals surface area contributed by atoms with Crippen molar-refractivity contribution in [3.05, 3.63) is 5.01 Å². The van der Waals surface area contributed by atoms with E-state index in [1.807, 2.05) is 18.9 Å². The van der Waals surface area contributed by atoms with E-state index < -0.39 is 0 Å². The molecule has 0 saturated carbocycles. The van der Waals surface area contributed by atoms with Crippen molar-refractivity contribution in [1.82, 2.24) is 20.4 Å². The Hall–Kier alpha value is -1.19. The quantitative estimate of drug-likeness (QED) is 0.614. The van der Waals surface area contributed by atoms with Crippen molar-refractivity contribution in [2.45, 2.75) is 29.8 Å². The highest BCUT2D eigenvalue weighted by atomic mass is 32.2. The molecule has 2 rings (SSSR count). The van der Waals surface area contributed by atoms with Crippen LogP contribution in [-0.4, -0.2) is 65.5 Å². The Kier molecular flexibility index (Phi) is 5.54. The van der Waals surface area contributed by atoms with Crippen LogP contribution in [-0.2, 0) is 14.3 Å². The fraction of sp³-hybridized carbons (Fsp3) is 0.667. The lowest BCUT2D eigenvalue weighted by Gasteiger charge is -2.15. The number of nitrogens with zero attached hydrogens (tertiary/aromatic N) is 3. The van der Waals surface area contributed by atoms with E-state index in [4.69, 9.17) is 4.74 Å². The minimum absolute atomic E-state index is 0.0247. The standard InChI is InChI=1S/C12H18N4O3S2/c1-7-14-15-12(21-7)20-6-10(17)13-8-4-9(11(18)19-3)16(2)5-8/h8-9H,4-6H2,1-3H3,(H,13,17)/t8-,9+/m1/s1. The number of likely N-dealkylation sites (N-methyl/N-ethyl adjacent to an activating group) is 1. The van der Waals surface area contributed by atoms with Gasteiger partial charge in [0.25, 0.3) is 0 Å². The summed E-state index contributed by atoms with van der Waals surface area (Å²) in [6.45, 7) is 2.53. The normalized spacial score (nSPS) is 22.2. The number of carbonyl (C=O) groups is 2. The fourth-order valence-electron chi connectivity index (χ4n) is 2.25. The van der Waals surface area contributed by atoms with Crippen molar-refractivity contribution in [2.24, 2.45) is 0 Å². The molecule has 1 aromatic heterocycles. The van der Waals surface area contributed by atoms with Gasteiger partial charge in [0.15, 0.2) is 4.34 Å². The number of amides is 1. The van der Waals surface area contributed by atoms with E-state index in [1.54, 1.807) is 0 Å². The maximum Gasteiger partial charge on any atom is 0.323 e. The molecule has 1 N–H and O–H groups in total. The van der Waals surface area contributed by atoms with Crippen LogP contribution in [0, 0.1) is 6.92 Å². The summed E-state index contributed by atoms with van der Waals surface area (Å²) in [6, 6.07) is -0.304. The molecular formula is C12H18N4O3S2. The number of carbonyl (C=O) groups excluding carboxylic acids is 2. The summed E-state index contributed by atoms with van der Waals surface area (Å²) < 4.78 is 5.54. The van der Waals surface area contributed by atoms with Crippen LogP contribution in [0.4, 0.5) is 0 Å². The Morgan fingerprint density at radius 2 is 2.29 bits per heavy atom. The van der Waals surface area contributed by atoms with Gasteiger partial charge in [0.1, 0.15) is 11.0 Å². The first-order valence-electron chi connectivity index (χ1n) is 6.50. The zero-order chi connectivity index (χ0) is 15.4. The van der Waals surface area contributed by atoms with Gasteiger partial charge in [-0.25, -0.2) is 0 Å². The maximum atomic E-state index is 11.9. The van der Waals surface area contributed by atoms with Crippen molar-refractivity contribution in [2.75, 3.05) is 26.5 Å². The maximum absolute atomic E-state index is 11.9. The van der Waals surface area contributed by atoms with Crippen LogP contribution >= 0.6 is 23.1 Å². The fourth-order valence-corrected chi connectivity index (χ4v) is 3.88. The van der Waals surface area contributed by atoms with Crippen molar-refractivity contribution >= 4 is 35.0 Å². The largest absolute Gasteiger partial charge is 0.468 e. The Morgan fingerprint density at radius 1 is 1.52 bits per heavy atom. The zero-order valence-electron chi connectivity index (χ0n) is 12.2. The van der Waals surface area contributed by atoms with Crippen LogP contribution in [0.1, 0.15) is 11.4 Å². The van der Waals surface area contributed by atoms with Crippen molar-refractivity contribution in [1.29, 1.82) is 0 Å². The number of thioether (sulfide) groups is 1. The number of esters is 1. The van der Waals surface area contributed by atoms with Crippen LogP contribution in [0.5, 0.6) is 0 Å². The van der Waals surface area contributed by atoms with E-state index in [-0.39, 0.29) is 24.0 Å². The summed E-state index contributed by atoms with van der Waals surface area (Å²) >= 11 is 2.84. The number of hydrogen-bond acceptors (Lipinski definition) is 8. The monoisotopic (exact) mass is 330 g/mol. The molecule has 1 saturated heterocycles. The number of aryl methyl sites for hydroxylation is 1. The van der Waals surface area contributed by atoms with Crippen LogP contribution in [0.15, 0.2) is 4.34 Å². The predicted molar refractivity (Wildman–Crippen MR) is 80.4 cm³/mol. The van der Waals surface area contributed by atoms with Gasteiger partial charge in [0, 0.05) is 12.6 Å². The van der Waals surface area contributed by atoms with E-state index >= 15 is 0 Å². The predicted octanol–water partition coefficient (Wildman–Crippen LogP) is 0.301. The lowest BCUT2D eigenvalue weighted by Crippen LogP contribution is -2.37. The van der Waals surface area contributed by atoms with Gasteiger partial charge in [-0.05, 0) is 20.4 Å². The molecule has 1 aliphatic rings. The van der Waals surface area contributed by atoms with Crippen LogP contribution < -0.4 is 5.32 Å². The second kappa shape index (κ2) is 7.19. The molecule has 9 heteroatoms. The number of ether oxygens (including phenoxy) is 1. The van der Waals surface area contributed by atoms with Crippen molar-refractivity contribution in [3.8, 4) is 0 Å². The summed E-state index contributed by atoms with van der Waals surface area (Å²) in [5.41, 5.74) is 0. The molecule has 0 radical (unpaired) electrons. The molecule has 1 amide bonds. The van der Waals surface area contributed by atoms with Gasteiger partial charge >= 0.3 is 5.97 Å². The highest BCUT2D eigenvalue weighted by Crippen LogP contribution is 2.22. The summed E-state index contributed by atoms with van der Waals surface area (Å²) in [7, 11) is 3.23. The minimum Gasteiger partial charge on any atom is -0.468 e. The van der Waals surface area contributed by atoms with Crippen molar-refractivity contribution in [3.63, 3.8) is 0 Å². The van der Waals surface area contributed by atoms with Gasteiger partial charge in [-0.3, -0.25) is 14.5 Å². The lowest BCUT2D eigenvalue weighted by molar-refractivity contribution is -0.145. The van der Waals surface area contributed by atoms with Gasteiger partial charge in [0.2, 0.25) is 5.91 Å². The number of aromatic nitrogens is 2. The first-order chi connectivity index (χ1) is 9.99. The number of nitrogens with one attached hydrogen (secondary N) is 1. The zero-order valence-corrected chi connectivity index (χ0v) is 13.8. The SMILES string of the molecule is COC(=O)[C@@H]1C[C@@H](NC(=O)CSc2nnc(C)s2)CN1C. The molecular weight excluding hydrogens is 312 g/mol. The summed E-state index contributed by atoms with van der Waals surface area (Å²) in [4.78, 5) is 25.4. The molecule has 0 aliphatic carbocycles. The molecule has 1 aliphatic heterocycles. The molecule has 116 valence electrons. The molecule has 2 heterocycles. The number of likely N-dealkylation sites (tertiary alicyclic amines) is 1. The van der Waals surface area contributed by atoms with Gasteiger partial charge in [-0.1, -0.05) is 23.1 Å². The third-order valence-electron chi connectivity index (χ3n) is 3.22.